The Morgan fingerprint density at radius 1 is 0.423 bits per heavy atom. The lowest BCUT2D eigenvalue weighted by atomic mass is 9.80. The molecule has 0 atom stereocenters. The van der Waals surface area contributed by atoms with E-state index < -0.39 is 0 Å². The summed E-state index contributed by atoms with van der Waals surface area (Å²) in [7, 11) is 0. The molecular formula is C48H30N4. The number of fused-ring (bicyclic) bond motifs is 15. The summed E-state index contributed by atoms with van der Waals surface area (Å²) < 4.78 is 5.04. The third-order valence-electron chi connectivity index (χ3n) is 11.5. The predicted molar refractivity (Wildman–Crippen MR) is 215 cm³/mol. The fourth-order valence-corrected chi connectivity index (χ4v) is 9.31. The van der Waals surface area contributed by atoms with Gasteiger partial charge in [0.2, 0.25) is 0 Å². The molecule has 12 rings (SSSR count). The first-order chi connectivity index (χ1) is 25.8. The Kier molecular flexibility index (Phi) is 5.58. The summed E-state index contributed by atoms with van der Waals surface area (Å²) in [5, 5.41) is 10.0. The predicted octanol–water partition coefficient (Wildman–Crippen LogP) is 11.6. The third kappa shape index (κ3) is 3.70. The summed E-state index contributed by atoms with van der Waals surface area (Å²) in [6, 6.07) is 53.2. The van der Waals surface area contributed by atoms with E-state index >= 15 is 0 Å². The number of pyridine rings is 2. The Hall–Kier alpha value is -6.78. The lowest BCUT2D eigenvalue weighted by Gasteiger charge is -2.24. The van der Waals surface area contributed by atoms with Gasteiger partial charge in [0.15, 0.2) is 0 Å². The standard InChI is InChI=1S/C48H30N4/c1-2-14-34(15-3-1)51-40-18-8-6-16-35(40)43-38-27-32-25-30-11-4-5-12-31(30)26-33(32)28-39(38)44-36-17-7-9-19-41(36)52(48(44)47(43)51)42-22-24-50-46-37(42)21-20-29-13-10-23-49-45(29)46/h1-26H,27-28H2. The van der Waals surface area contributed by atoms with Crippen molar-refractivity contribution < 1.29 is 0 Å². The molecule has 11 aromatic rings. The van der Waals surface area contributed by atoms with E-state index in [0.717, 1.165) is 46.0 Å². The van der Waals surface area contributed by atoms with E-state index in [1.165, 1.54) is 76.6 Å². The van der Waals surface area contributed by atoms with Gasteiger partial charge in [-0.3, -0.25) is 9.97 Å². The number of hydrogen-bond donors (Lipinski definition) is 0. The Morgan fingerprint density at radius 3 is 1.71 bits per heavy atom. The van der Waals surface area contributed by atoms with Crippen molar-refractivity contribution in [2.24, 2.45) is 0 Å². The van der Waals surface area contributed by atoms with Gasteiger partial charge in [0.05, 0.1) is 38.8 Å². The number of nitrogens with zero attached hydrogens (tertiary/aromatic N) is 4. The van der Waals surface area contributed by atoms with Gasteiger partial charge in [-0.05, 0) is 88.3 Å². The second kappa shape index (κ2) is 10.4. The van der Waals surface area contributed by atoms with Crippen LogP contribution in [0.3, 0.4) is 0 Å². The van der Waals surface area contributed by atoms with E-state index in [-0.39, 0.29) is 0 Å². The average molecular weight is 663 g/mol. The van der Waals surface area contributed by atoms with Crippen molar-refractivity contribution in [3.05, 3.63) is 180 Å². The maximum absolute atomic E-state index is 4.94. The zero-order valence-corrected chi connectivity index (χ0v) is 28.2. The van der Waals surface area contributed by atoms with Crippen molar-refractivity contribution in [2.45, 2.75) is 12.8 Å². The van der Waals surface area contributed by atoms with Crippen LogP contribution < -0.4 is 0 Å². The molecular weight excluding hydrogens is 633 g/mol. The topological polar surface area (TPSA) is 35.6 Å². The molecule has 1 aliphatic rings. The van der Waals surface area contributed by atoms with Crippen LogP contribution >= 0.6 is 0 Å². The molecule has 0 aliphatic heterocycles. The van der Waals surface area contributed by atoms with Gasteiger partial charge in [-0.15, -0.1) is 0 Å². The number of hydrogen-bond acceptors (Lipinski definition) is 2. The number of para-hydroxylation sites is 3. The van der Waals surface area contributed by atoms with Gasteiger partial charge in [0, 0.05) is 50.4 Å². The second-order valence-electron chi connectivity index (χ2n) is 14.1. The van der Waals surface area contributed by atoms with E-state index in [0.29, 0.717) is 0 Å². The van der Waals surface area contributed by atoms with Gasteiger partial charge in [-0.1, -0.05) is 103 Å². The van der Waals surface area contributed by atoms with E-state index in [2.05, 4.69) is 149 Å². The average Bonchev–Trinajstić information content (AvgIpc) is 3.73. The smallest absolute Gasteiger partial charge is 0.0985 e. The molecule has 4 nitrogen and oxygen atoms in total. The molecule has 4 heterocycles. The molecule has 52 heavy (non-hydrogen) atoms. The number of rotatable bonds is 2. The molecule has 0 N–H and O–H groups in total. The molecule has 0 saturated heterocycles. The van der Waals surface area contributed by atoms with Crippen LogP contribution in [0.5, 0.6) is 0 Å². The normalized spacial score (nSPS) is 12.8. The molecule has 7 aromatic carbocycles. The molecule has 0 spiro atoms. The highest BCUT2D eigenvalue weighted by Crippen LogP contribution is 2.49. The van der Waals surface area contributed by atoms with Crippen LogP contribution in [0.1, 0.15) is 22.3 Å². The molecule has 0 saturated carbocycles. The van der Waals surface area contributed by atoms with Crippen LogP contribution in [-0.4, -0.2) is 19.1 Å². The highest BCUT2D eigenvalue weighted by molar-refractivity contribution is 6.27. The van der Waals surface area contributed by atoms with Gasteiger partial charge in [0.25, 0.3) is 0 Å². The maximum atomic E-state index is 4.94. The van der Waals surface area contributed by atoms with Crippen molar-refractivity contribution in [1.82, 2.24) is 19.1 Å². The van der Waals surface area contributed by atoms with Crippen molar-refractivity contribution >= 4 is 76.2 Å². The summed E-state index contributed by atoms with van der Waals surface area (Å²) in [6.07, 6.45) is 5.59. The number of aromatic nitrogens is 4. The SMILES string of the molecule is c1ccc(-n2c3ccccc3c3c4c(c5c6ccccc6n(-c6ccnc7c6ccc6cccnc67)c5c32)Cc2cc3ccccc3cc2C4)cc1. The van der Waals surface area contributed by atoms with Crippen LogP contribution in [0.2, 0.25) is 0 Å². The van der Waals surface area contributed by atoms with Gasteiger partial charge in [-0.25, -0.2) is 0 Å². The summed E-state index contributed by atoms with van der Waals surface area (Å²) in [5.41, 5.74) is 14.7. The lowest BCUT2D eigenvalue weighted by molar-refractivity contribution is 1.03. The van der Waals surface area contributed by atoms with Crippen LogP contribution in [0.4, 0.5) is 0 Å². The molecule has 242 valence electrons. The highest BCUT2D eigenvalue weighted by atomic mass is 15.0. The molecule has 4 heteroatoms. The third-order valence-corrected chi connectivity index (χ3v) is 11.5. The first kappa shape index (κ1) is 28.0. The van der Waals surface area contributed by atoms with Gasteiger partial charge in [-0.2, -0.15) is 0 Å². The molecule has 0 amide bonds. The molecule has 0 fully saturated rings. The minimum absolute atomic E-state index is 0.881. The maximum Gasteiger partial charge on any atom is 0.0985 e. The quantitative estimate of drug-likeness (QED) is 0.173. The van der Waals surface area contributed by atoms with Crippen LogP contribution in [-0.2, 0) is 12.8 Å². The monoisotopic (exact) mass is 662 g/mol. The number of benzene rings is 7. The summed E-state index contributed by atoms with van der Waals surface area (Å²) >= 11 is 0. The van der Waals surface area contributed by atoms with E-state index in [9.17, 15) is 0 Å². The summed E-state index contributed by atoms with van der Waals surface area (Å²) in [4.78, 5) is 9.76. The van der Waals surface area contributed by atoms with E-state index in [1.54, 1.807) is 0 Å². The second-order valence-corrected chi connectivity index (χ2v) is 14.1. The molecule has 0 unspecified atom stereocenters. The Morgan fingerprint density at radius 2 is 1.00 bits per heavy atom. The fourth-order valence-electron chi connectivity index (χ4n) is 9.31. The van der Waals surface area contributed by atoms with Crippen LogP contribution in [0.15, 0.2) is 158 Å². The highest BCUT2D eigenvalue weighted by Gasteiger charge is 2.30. The Bertz CT molecular complexity index is 3290. The molecule has 0 radical (unpaired) electrons. The zero-order chi connectivity index (χ0) is 33.9. The van der Waals surface area contributed by atoms with Crippen molar-refractivity contribution in [3.8, 4) is 11.4 Å². The van der Waals surface area contributed by atoms with Gasteiger partial charge >= 0.3 is 0 Å². The van der Waals surface area contributed by atoms with Gasteiger partial charge < -0.3 is 9.13 Å². The minimum Gasteiger partial charge on any atom is -0.307 e. The van der Waals surface area contributed by atoms with Crippen molar-refractivity contribution in [1.29, 1.82) is 0 Å². The first-order valence-corrected chi connectivity index (χ1v) is 18.0. The Balaban J connectivity index is 1.32. The molecule has 4 aromatic heterocycles. The van der Waals surface area contributed by atoms with E-state index in [1.807, 2.05) is 18.5 Å². The van der Waals surface area contributed by atoms with E-state index in [4.69, 9.17) is 9.97 Å². The van der Waals surface area contributed by atoms with Crippen LogP contribution in [0, 0.1) is 0 Å². The zero-order valence-electron chi connectivity index (χ0n) is 28.2. The fraction of sp³-hybridized carbons (Fsp3) is 0.0417. The minimum atomic E-state index is 0.881. The molecule has 1 aliphatic carbocycles. The van der Waals surface area contributed by atoms with Crippen molar-refractivity contribution in [3.63, 3.8) is 0 Å². The summed E-state index contributed by atoms with van der Waals surface area (Å²) in [6.45, 7) is 0. The van der Waals surface area contributed by atoms with Gasteiger partial charge in [0.1, 0.15) is 0 Å². The molecule has 0 bridgehead atoms. The van der Waals surface area contributed by atoms with Crippen molar-refractivity contribution in [2.75, 3.05) is 0 Å². The Labute approximate surface area is 298 Å². The van der Waals surface area contributed by atoms with Crippen LogP contribution in [0.25, 0.3) is 87.6 Å². The largest absolute Gasteiger partial charge is 0.307 e. The lowest BCUT2D eigenvalue weighted by Crippen LogP contribution is -2.10. The first-order valence-electron chi connectivity index (χ1n) is 18.0. The summed E-state index contributed by atoms with van der Waals surface area (Å²) in [5.74, 6) is 0.